The summed E-state index contributed by atoms with van der Waals surface area (Å²) in [5.74, 6) is 2.73. The van der Waals surface area contributed by atoms with E-state index in [0.29, 0.717) is 48.7 Å². The number of hydrogen-bond donors (Lipinski definition) is 2. The summed E-state index contributed by atoms with van der Waals surface area (Å²) < 4.78 is 6.66. The highest BCUT2D eigenvalue weighted by Gasteiger charge is 2.70. The van der Waals surface area contributed by atoms with Crippen LogP contribution in [0.15, 0.2) is 47.7 Å². The van der Waals surface area contributed by atoms with Crippen molar-refractivity contribution in [1.82, 2.24) is 5.32 Å². The van der Waals surface area contributed by atoms with Gasteiger partial charge < -0.3 is 20.0 Å². The topological polar surface area (TPSA) is 75.6 Å². The summed E-state index contributed by atoms with van der Waals surface area (Å²) in [6.45, 7) is 26.2. The summed E-state index contributed by atoms with van der Waals surface area (Å²) in [7, 11) is 0. The molecule has 2 N–H and O–H groups in total. The van der Waals surface area contributed by atoms with Gasteiger partial charge in [-0.25, -0.2) is 0 Å². The van der Waals surface area contributed by atoms with E-state index < -0.39 is 16.9 Å². The molecule has 9 unspecified atom stereocenters. The number of carbonyl (C=O) groups excluding carboxylic acids is 2. The van der Waals surface area contributed by atoms with Crippen molar-refractivity contribution in [3.63, 3.8) is 0 Å². The number of aldehydes is 1. The van der Waals surface area contributed by atoms with E-state index in [1.165, 1.54) is 18.4 Å². The van der Waals surface area contributed by atoms with E-state index in [9.17, 15) is 14.7 Å². The maximum atomic E-state index is 14.1. The van der Waals surface area contributed by atoms with Crippen LogP contribution in [0.5, 0.6) is 0 Å². The van der Waals surface area contributed by atoms with Gasteiger partial charge in [0.2, 0.25) is 0 Å². The lowest BCUT2D eigenvalue weighted by atomic mass is 9.34. The number of rotatable bonds is 11. The molecule has 0 aromatic heterocycles. The van der Waals surface area contributed by atoms with Crippen LogP contribution in [-0.4, -0.2) is 35.9 Å². The van der Waals surface area contributed by atoms with E-state index in [1.807, 2.05) is 32.0 Å². The van der Waals surface area contributed by atoms with Gasteiger partial charge >= 0.3 is 0 Å². The van der Waals surface area contributed by atoms with Gasteiger partial charge in [-0.3, -0.25) is 4.79 Å². The van der Waals surface area contributed by atoms with Crippen LogP contribution in [-0.2, 0) is 20.9 Å². The van der Waals surface area contributed by atoms with Crippen molar-refractivity contribution in [2.45, 2.75) is 145 Å². The maximum Gasteiger partial charge on any atom is 0.160 e. The molecule has 0 amide bonds. The molecule has 51 heavy (non-hydrogen) atoms. The summed E-state index contributed by atoms with van der Waals surface area (Å²) in [5.41, 5.74) is 2.67. The molecule has 6 heteroatoms. The number of hydrogen-bond acceptors (Lipinski definition) is 5. The third kappa shape index (κ3) is 6.31. The molecular weight excluding hydrogens is 654 g/mol. The van der Waals surface area contributed by atoms with Crippen molar-refractivity contribution in [2.75, 3.05) is 6.54 Å². The normalized spacial score (nSPS) is 38.0. The first kappa shape index (κ1) is 38.8. The fourth-order valence-corrected chi connectivity index (χ4v) is 13.8. The Kier molecular flexibility index (Phi) is 10.2. The number of ether oxygens (including phenoxy) is 1. The van der Waals surface area contributed by atoms with Crippen LogP contribution in [0, 0.1) is 56.2 Å². The van der Waals surface area contributed by atoms with Gasteiger partial charge in [-0.05, 0) is 120 Å². The summed E-state index contributed by atoms with van der Waals surface area (Å²) in [4.78, 5) is 25.7. The molecule has 282 valence electrons. The van der Waals surface area contributed by atoms with Gasteiger partial charge in [0.1, 0.15) is 12.4 Å². The minimum Gasteiger partial charge on any atom is -0.495 e. The highest BCUT2D eigenvalue weighted by molar-refractivity contribution is 6.30. The number of benzene rings is 1. The zero-order chi connectivity index (χ0) is 37.4. The van der Waals surface area contributed by atoms with Gasteiger partial charge in [-0.1, -0.05) is 92.6 Å². The highest BCUT2D eigenvalue weighted by atomic mass is 35.5. The zero-order valence-corrected chi connectivity index (χ0v) is 33.8. The zero-order valence-electron chi connectivity index (χ0n) is 33.1. The van der Waals surface area contributed by atoms with Gasteiger partial charge in [-0.2, -0.15) is 0 Å². The van der Waals surface area contributed by atoms with E-state index >= 15 is 0 Å². The van der Waals surface area contributed by atoms with Gasteiger partial charge in [0.05, 0.1) is 11.9 Å². The first-order valence-corrected chi connectivity index (χ1v) is 20.4. The molecule has 1 aromatic rings. The number of halogens is 1. The molecule has 0 bridgehead atoms. The number of nitrogens with one attached hydrogen (secondary N) is 1. The minimum absolute atomic E-state index is 0.0154. The van der Waals surface area contributed by atoms with E-state index in [1.54, 1.807) is 0 Å². The molecule has 5 aliphatic carbocycles. The van der Waals surface area contributed by atoms with Gasteiger partial charge in [0.25, 0.3) is 0 Å². The Hall–Kier alpha value is -1.95. The van der Waals surface area contributed by atoms with Crippen LogP contribution in [0.4, 0.5) is 0 Å². The second-order valence-corrected chi connectivity index (χ2v) is 20.4. The number of allylic oxidation sites excluding steroid dienone is 2. The summed E-state index contributed by atoms with van der Waals surface area (Å²) >= 11 is 6.25. The average Bonchev–Trinajstić information content (AvgIpc) is 3.36. The molecule has 0 saturated heterocycles. The fourth-order valence-electron chi connectivity index (χ4n) is 13.6. The Morgan fingerprint density at radius 1 is 1.02 bits per heavy atom. The lowest BCUT2D eigenvalue weighted by Gasteiger charge is -2.71. The van der Waals surface area contributed by atoms with Crippen molar-refractivity contribution in [2.24, 2.45) is 56.2 Å². The van der Waals surface area contributed by atoms with E-state index in [0.717, 1.165) is 61.7 Å². The van der Waals surface area contributed by atoms with Gasteiger partial charge in [0.15, 0.2) is 5.78 Å². The SMILES string of the molecule is C=C(CC(C)(C)C=O)OC1CCC2(C)C(CCC3(C)C4CCC5(C(O)CNCc6cccc(Cl)c6)CC(=O)C(C(C)C)=C5C4(C)CCC32)C1(C)C. The fraction of sp³-hybridized carbons (Fsp3) is 0.733. The molecule has 0 aliphatic heterocycles. The molecule has 9 atom stereocenters. The number of carbonyl (C=O) groups is 2. The summed E-state index contributed by atoms with van der Waals surface area (Å²) in [6, 6.07) is 7.87. The second kappa shape index (κ2) is 13.4. The van der Waals surface area contributed by atoms with Crippen LogP contribution < -0.4 is 5.32 Å². The molecule has 5 aliphatic rings. The monoisotopic (exact) mass is 719 g/mol. The van der Waals surface area contributed by atoms with Gasteiger partial charge in [-0.15, -0.1) is 0 Å². The number of aliphatic hydroxyl groups is 1. The lowest BCUT2D eigenvalue weighted by molar-refractivity contribution is -0.219. The predicted octanol–water partition coefficient (Wildman–Crippen LogP) is 10.3. The van der Waals surface area contributed by atoms with Crippen molar-refractivity contribution in [3.05, 3.63) is 58.3 Å². The smallest absolute Gasteiger partial charge is 0.160 e. The third-order valence-corrected chi connectivity index (χ3v) is 15.8. The number of aliphatic hydroxyl groups excluding tert-OH is 1. The van der Waals surface area contributed by atoms with Crippen molar-refractivity contribution in [1.29, 1.82) is 0 Å². The van der Waals surface area contributed by atoms with E-state index in [4.69, 9.17) is 16.3 Å². The molecule has 0 heterocycles. The van der Waals surface area contributed by atoms with Crippen molar-refractivity contribution < 1.29 is 19.4 Å². The highest BCUT2D eigenvalue weighted by Crippen LogP contribution is 2.76. The Morgan fingerprint density at radius 2 is 1.67 bits per heavy atom. The minimum atomic E-state index is -0.633. The Balaban J connectivity index is 1.27. The van der Waals surface area contributed by atoms with Crippen LogP contribution >= 0.6 is 11.6 Å². The first-order valence-electron chi connectivity index (χ1n) is 20.0. The van der Waals surface area contributed by atoms with Crippen molar-refractivity contribution in [3.8, 4) is 0 Å². The number of fused-ring (bicyclic) bond motifs is 7. The lowest BCUT2D eigenvalue weighted by Crippen LogP contribution is -2.65. The largest absolute Gasteiger partial charge is 0.495 e. The first-order chi connectivity index (χ1) is 23.7. The van der Waals surface area contributed by atoms with Crippen molar-refractivity contribution >= 4 is 23.7 Å². The molecule has 5 nitrogen and oxygen atoms in total. The van der Waals surface area contributed by atoms with Crippen LogP contribution in [0.2, 0.25) is 5.02 Å². The quantitative estimate of drug-likeness (QED) is 0.176. The van der Waals surface area contributed by atoms with Crippen LogP contribution in [0.1, 0.15) is 132 Å². The molecule has 4 saturated carbocycles. The standard InChI is InChI=1S/C45H66ClNO4/c1-28(2)38-32(49)24-45(36(50)26-47-25-30-12-11-13-31(46)22-30)21-16-35-43(9)18-14-33-41(6,7)37(51-29(3)23-40(4,5)27-48)17-20-42(33,8)34(43)15-19-44(35,10)39(38)45/h11-13,22,27-28,33-37,47,50H,3,14-21,23-26H2,1-2,4-10H3. The van der Waals surface area contributed by atoms with Gasteiger partial charge in [0, 0.05) is 47.2 Å². The summed E-state index contributed by atoms with van der Waals surface area (Å²) in [5, 5.41) is 16.4. The number of Topliss-reactive ketones (excluding diaryl/α,β-unsaturated/α-hetero) is 1. The average molecular weight is 720 g/mol. The Labute approximate surface area is 313 Å². The molecule has 4 fully saturated rings. The maximum absolute atomic E-state index is 14.1. The Bertz CT molecular complexity index is 1580. The predicted molar refractivity (Wildman–Crippen MR) is 207 cm³/mol. The molecular formula is C45H66ClNO4. The molecule has 6 rings (SSSR count). The Morgan fingerprint density at radius 3 is 2.33 bits per heavy atom. The van der Waals surface area contributed by atoms with Crippen LogP contribution in [0.25, 0.3) is 0 Å². The summed E-state index contributed by atoms with van der Waals surface area (Å²) in [6.07, 6.45) is 10.1. The molecule has 0 radical (unpaired) electrons. The van der Waals surface area contributed by atoms with E-state index in [-0.39, 0.29) is 39.5 Å². The van der Waals surface area contributed by atoms with E-state index in [2.05, 4.69) is 66.4 Å². The second-order valence-electron chi connectivity index (χ2n) is 20.0. The molecule has 1 aromatic carbocycles. The molecule has 0 spiro atoms. The van der Waals surface area contributed by atoms with Crippen LogP contribution in [0.3, 0.4) is 0 Å². The third-order valence-electron chi connectivity index (χ3n) is 15.6. The number of ketones is 1.